The number of amides is 1. The topological polar surface area (TPSA) is 52.8 Å². The lowest BCUT2D eigenvalue weighted by Gasteiger charge is -2.37. The molecule has 1 unspecified atom stereocenters. The molecular formula is C19H32N4O2. The van der Waals surface area contributed by atoms with Gasteiger partial charge in [0.1, 0.15) is 0 Å². The van der Waals surface area contributed by atoms with Crippen LogP contribution in [0, 0.1) is 12.3 Å². The molecule has 1 amide bonds. The lowest BCUT2D eigenvalue weighted by Crippen LogP contribution is -2.44. The minimum absolute atomic E-state index is 0.0115. The minimum Gasteiger partial charge on any atom is -0.359 e. The number of piperidine rings is 1. The van der Waals surface area contributed by atoms with Crippen molar-refractivity contribution in [1.82, 2.24) is 19.9 Å². The van der Waals surface area contributed by atoms with Crippen LogP contribution in [0.15, 0.2) is 10.6 Å². The summed E-state index contributed by atoms with van der Waals surface area (Å²) in [5.41, 5.74) is 1.18. The van der Waals surface area contributed by atoms with Gasteiger partial charge in [-0.05, 0) is 64.7 Å². The summed E-state index contributed by atoms with van der Waals surface area (Å²) < 4.78 is 5.28. The molecule has 3 heterocycles. The summed E-state index contributed by atoms with van der Waals surface area (Å²) in [6, 6.07) is 1.91. The van der Waals surface area contributed by atoms with Gasteiger partial charge >= 0.3 is 0 Å². The number of rotatable bonds is 5. The predicted molar refractivity (Wildman–Crippen MR) is 97.1 cm³/mol. The van der Waals surface area contributed by atoms with Crippen LogP contribution in [0.1, 0.15) is 44.1 Å². The summed E-state index contributed by atoms with van der Waals surface area (Å²) in [7, 11) is 4.07. The highest BCUT2D eigenvalue weighted by atomic mass is 16.5. The maximum atomic E-state index is 13.1. The van der Waals surface area contributed by atoms with Crippen LogP contribution in [-0.2, 0) is 11.3 Å². The molecule has 0 aromatic carbocycles. The van der Waals surface area contributed by atoms with Crippen molar-refractivity contribution >= 4 is 5.91 Å². The van der Waals surface area contributed by atoms with E-state index in [1.54, 1.807) is 4.90 Å². The monoisotopic (exact) mass is 348 g/mol. The molecule has 1 spiro atoms. The van der Waals surface area contributed by atoms with Gasteiger partial charge in [0.2, 0.25) is 5.91 Å². The highest BCUT2D eigenvalue weighted by Gasteiger charge is 2.47. The summed E-state index contributed by atoms with van der Waals surface area (Å²) in [5.74, 6) is 0.973. The van der Waals surface area contributed by atoms with Crippen LogP contribution in [-0.4, -0.2) is 72.1 Å². The molecule has 0 N–H and O–H groups in total. The number of carbonyl (C=O) groups excluding carboxylic acids is 1. The van der Waals surface area contributed by atoms with E-state index in [2.05, 4.69) is 28.9 Å². The zero-order valence-electron chi connectivity index (χ0n) is 16.1. The van der Waals surface area contributed by atoms with E-state index in [1.807, 2.05) is 20.0 Å². The molecule has 2 fully saturated rings. The van der Waals surface area contributed by atoms with E-state index in [9.17, 15) is 4.79 Å². The molecule has 6 heteroatoms. The Labute approximate surface area is 151 Å². The Morgan fingerprint density at radius 2 is 2.16 bits per heavy atom. The summed E-state index contributed by atoms with van der Waals surface area (Å²) in [6.45, 7) is 8.96. The number of likely N-dealkylation sites (N-methyl/N-ethyl adjacent to an activating group) is 1. The number of hydrogen-bond donors (Lipinski definition) is 0. The van der Waals surface area contributed by atoms with Crippen molar-refractivity contribution in [3.63, 3.8) is 0 Å². The fourth-order valence-electron chi connectivity index (χ4n) is 4.42. The van der Waals surface area contributed by atoms with Crippen molar-refractivity contribution in [3.8, 4) is 0 Å². The molecule has 2 aliphatic heterocycles. The Morgan fingerprint density at radius 3 is 2.76 bits per heavy atom. The SMILES string of the molecule is CCCN1CC2(CCN(C)CC2)CC1C(=O)N(C)Cc1cc(C)no1. The molecule has 140 valence electrons. The molecule has 0 aliphatic carbocycles. The number of carbonyl (C=O) groups is 1. The van der Waals surface area contributed by atoms with Crippen LogP contribution in [0.3, 0.4) is 0 Å². The van der Waals surface area contributed by atoms with Crippen molar-refractivity contribution in [2.24, 2.45) is 5.41 Å². The van der Waals surface area contributed by atoms with Crippen molar-refractivity contribution < 1.29 is 9.32 Å². The van der Waals surface area contributed by atoms with E-state index in [0.717, 1.165) is 50.5 Å². The van der Waals surface area contributed by atoms with Crippen LogP contribution in [0.5, 0.6) is 0 Å². The summed E-state index contributed by atoms with van der Waals surface area (Å²) >= 11 is 0. The normalized spacial score (nSPS) is 24.1. The molecule has 0 radical (unpaired) electrons. The second-order valence-corrected chi connectivity index (χ2v) is 8.12. The first-order valence-corrected chi connectivity index (χ1v) is 9.52. The summed E-state index contributed by atoms with van der Waals surface area (Å²) in [6.07, 6.45) is 4.50. The lowest BCUT2D eigenvalue weighted by atomic mass is 9.76. The van der Waals surface area contributed by atoms with Gasteiger partial charge in [0.15, 0.2) is 5.76 Å². The van der Waals surface area contributed by atoms with Gasteiger partial charge < -0.3 is 14.3 Å². The second-order valence-electron chi connectivity index (χ2n) is 8.12. The van der Waals surface area contributed by atoms with Crippen molar-refractivity contribution in [1.29, 1.82) is 0 Å². The molecule has 6 nitrogen and oxygen atoms in total. The zero-order valence-corrected chi connectivity index (χ0v) is 16.1. The predicted octanol–water partition coefficient (Wildman–Crippen LogP) is 2.14. The smallest absolute Gasteiger partial charge is 0.240 e. The molecule has 2 aliphatic rings. The van der Waals surface area contributed by atoms with E-state index in [1.165, 1.54) is 12.8 Å². The van der Waals surface area contributed by atoms with Crippen LogP contribution < -0.4 is 0 Å². The standard InChI is InChI=1S/C19H32N4O2/c1-5-8-23-14-19(6-9-21(3)10-7-19)12-17(23)18(24)22(4)13-16-11-15(2)20-25-16/h11,17H,5-10,12-14H2,1-4H3. The maximum Gasteiger partial charge on any atom is 0.240 e. The fourth-order valence-corrected chi connectivity index (χ4v) is 4.42. The second kappa shape index (κ2) is 7.46. The van der Waals surface area contributed by atoms with Gasteiger partial charge in [-0.15, -0.1) is 0 Å². The molecule has 1 aromatic rings. The largest absolute Gasteiger partial charge is 0.359 e. The Balaban J connectivity index is 1.68. The first kappa shape index (κ1) is 18.4. The van der Waals surface area contributed by atoms with Gasteiger partial charge in [0, 0.05) is 19.7 Å². The Kier molecular flexibility index (Phi) is 5.49. The van der Waals surface area contributed by atoms with E-state index >= 15 is 0 Å². The third-order valence-electron chi connectivity index (χ3n) is 5.90. The molecule has 1 aromatic heterocycles. The van der Waals surface area contributed by atoms with Crippen LogP contribution >= 0.6 is 0 Å². The van der Waals surface area contributed by atoms with Gasteiger partial charge in [-0.2, -0.15) is 0 Å². The Bertz CT molecular complexity index is 592. The third kappa shape index (κ3) is 4.06. The highest BCUT2D eigenvalue weighted by Crippen LogP contribution is 2.43. The van der Waals surface area contributed by atoms with E-state index in [4.69, 9.17) is 4.52 Å². The number of hydrogen-bond acceptors (Lipinski definition) is 5. The first-order chi connectivity index (χ1) is 11.9. The molecule has 3 rings (SSSR count). The average molecular weight is 348 g/mol. The molecule has 0 bridgehead atoms. The van der Waals surface area contributed by atoms with E-state index < -0.39 is 0 Å². The van der Waals surface area contributed by atoms with Crippen molar-refractivity contribution in [2.45, 2.75) is 52.1 Å². The number of nitrogens with zero attached hydrogens (tertiary/aromatic N) is 4. The minimum atomic E-state index is 0.0115. The number of likely N-dealkylation sites (tertiary alicyclic amines) is 2. The van der Waals surface area contributed by atoms with Gasteiger partial charge in [-0.1, -0.05) is 12.1 Å². The molecular weight excluding hydrogens is 316 g/mol. The number of aromatic nitrogens is 1. The van der Waals surface area contributed by atoms with Crippen molar-refractivity contribution in [2.75, 3.05) is 40.3 Å². The Morgan fingerprint density at radius 1 is 1.44 bits per heavy atom. The maximum absolute atomic E-state index is 13.1. The highest BCUT2D eigenvalue weighted by molar-refractivity contribution is 5.82. The van der Waals surface area contributed by atoms with Crippen LogP contribution in [0.4, 0.5) is 0 Å². The van der Waals surface area contributed by atoms with Crippen LogP contribution in [0.25, 0.3) is 0 Å². The summed E-state index contributed by atoms with van der Waals surface area (Å²) in [4.78, 5) is 19.8. The van der Waals surface area contributed by atoms with Gasteiger partial charge in [-0.25, -0.2) is 0 Å². The van der Waals surface area contributed by atoms with Gasteiger partial charge in [0.25, 0.3) is 0 Å². The quantitative estimate of drug-likeness (QED) is 0.816. The molecule has 0 saturated carbocycles. The molecule has 2 saturated heterocycles. The fraction of sp³-hybridized carbons (Fsp3) is 0.789. The van der Waals surface area contributed by atoms with E-state index in [0.29, 0.717) is 12.0 Å². The zero-order chi connectivity index (χ0) is 18.0. The van der Waals surface area contributed by atoms with Crippen molar-refractivity contribution in [3.05, 3.63) is 17.5 Å². The summed E-state index contributed by atoms with van der Waals surface area (Å²) in [5, 5.41) is 3.92. The number of aryl methyl sites for hydroxylation is 1. The van der Waals surface area contributed by atoms with E-state index in [-0.39, 0.29) is 11.9 Å². The van der Waals surface area contributed by atoms with Gasteiger partial charge in [-0.3, -0.25) is 9.69 Å². The first-order valence-electron chi connectivity index (χ1n) is 9.52. The lowest BCUT2D eigenvalue weighted by molar-refractivity contribution is -0.135. The molecule has 25 heavy (non-hydrogen) atoms. The average Bonchev–Trinajstić information content (AvgIpc) is 3.14. The van der Waals surface area contributed by atoms with Gasteiger partial charge in [0.05, 0.1) is 18.3 Å². The molecule has 1 atom stereocenters. The Hall–Kier alpha value is -1.40. The van der Waals surface area contributed by atoms with Crippen LogP contribution in [0.2, 0.25) is 0 Å². The third-order valence-corrected chi connectivity index (χ3v) is 5.90.